The van der Waals surface area contributed by atoms with Crippen molar-refractivity contribution in [2.75, 3.05) is 5.32 Å². The fourth-order valence-electron chi connectivity index (χ4n) is 2.01. The van der Waals surface area contributed by atoms with Crippen LogP contribution in [0.4, 0.5) is 5.69 Å². The lowest BCUT2D eigenvalue weighted by Gasteiger charge is -2.08. The number of nitrogens with one attached hydrogen (secondary N) is 2. The second kappa shape index (κ2) is 4.86. The van der Waals surface area contributed by atoms with E-state index in [2.05, 4.69) is 56.6 Å². The summed E-state index contributed by atoms with van der Waals surface area (Å²) in [6.45, 7) is 0.823. The molecule has 3 rings (SSSR count). The molecular formula is C15H13BrN2. The van der Waals surface area contributed by atoms with Gasteiger partial charge in [-0.2, -0.15) is 0 Å². The topological polar surface area (TPSA) is 27.8 Å². The van der Waals surface area contributed by atoms with E-state index in [4.69, 9.17) is 0 Å². The third-order valence-corrected chi connectivity index (χ3v) is 3.67. The molecule has 2 N–H and O–H groups in total. The first kappa shape index (κ1) is 11.4. The average molecular weight is 301 g/mol. The van der Waals surface area contributed by atoms with Crippen molar-refractivity contribution >= 4 is 32.5 Å². The van der Waals surface area contributed by atoms with Gasteiger partial charge in [0.05, 0.1) is 0 Å². The summed E-state index contributed by atoms with van der Waals surface area (Å²) in [6, 6.07) is 16.7. The lowest BCUT2D eigenvalue weighted by molar-refractivity contribution is 1.15. The zero-order valence-electron chi connectivity index (χ0n) is 9.78. The van der Waals surface area contributed by atoms with E-state index in [9.17, 15) is 0 Å². The highest BCUT2D eigenvalue weighted by atomic mass is 79.9. The Labute approximate surface area is 114 Å². The highest BCUT2D eigenvalue weighted by Gasteiger charge is 2.00. The predicted octanol–water partition coefficient (Wildman–Crippen LogP) is 4.54. The molecule has 0 fully saturated rings. The summed E-state index contributed by atoms with van der Waals surface area (Å²) in [5.41, 5.74) is 3.57. The summed E-state index contributed by atoms with van der Waals surface area (Å²) < 4.78 is 1.09. The van der Waals surface area contributed by atoms with Crippen LogP contribution in [0.5, 0.6) is 0 Å². The van der Waals surface area contributed by atoms with Gasteiger partial charge in [0.25, 0.3) is 0 Å². The van der Waals surface area contributed by atoms with Gasteiger partial charge >= 0.3 is 0 Å². The highest BCUT2D eigenvalue weighted by Crippen LogP contribution is 2.22. The maximum Gasteiger partial charge on any atom is 0.0487 e. The van der Waals surface area contributed by atoms with Crippen LogP contribution >= 0.6 is 15.9 Å². The number of hydrogen-bond acceptors (Lipinski definition) is 1. The summed E-state index contributed by atoms with van der Waals surface area (Å²) >= 11 is 3.54. The number of fused-ring (bicyclic) bond motifs is 1. The molecule has 0 amide bonds. The van der Waals surface area contributed by atoms with Crippen LogP contribution in [0.15, 0.2) is 59.2 Å². The van der Waals surface area contributed by atoms with E-state index in [0.29, 0.717) is 0 Å². The first-order chi connectivity index (χ1) is 8.83. The van der Waals surface area contributed by atoms with Crippen molar-refractivity contribution < 1.29 is 0 Å². The Bertz CT molecular complexity index is 673. The quantitative estimate of drug-likeness (QED) is 0.730. The Kier molecular flexibility index (Phi) is 3.07. The number of anilines is 1. The monoisotopic (exact) mass is 300 g/mol. The zero-order chi connectivity index (χ0) is 12.4. The zero-order valence-corrected chi connectivity index (χ0v) is 11.4. The van der Waals surface area contributed by atoms with Gasteiger partial charge in [-0.05, 0) is 57.2 Å². The largest absolute Gasteiger partial charge is 0.380 e. The molecule has 0 saturated carbocycles. The lowest BCUT2D eigenvalue weighted by atomic mass is 10.1. The van der Waals surface area contributed by atoms with E-state index >= 15 is 0 Å². The van der Waals surface area contributed by atoms with Crippen molar-refractivity contribution in [2.24, 2.45) is 0 Å². The molecular weight excluding hydrogens is 288 g/mol. The molecule has 0 aliphatic rings. The molecule has 0 bridgehead atoms. The number of H-pyrrole nitrogens is 1. The molecule has 2 nitrogen and oxygen atoms in total. The molecule has 90 valence electrons. The van der Waals surface area contributed by atoms with Gasteiger partial charge in [0.1, 0.15) is 0 Å². The fraction of sp³-hybridized carbons (Fsp3) is 0.0667. The van der Waals surface area contributed by atoms with Crippen LogP contribution in [0.25, 0.3) is 10.9 Å². The number of halogens is 1. The number of aromatic amines is 1. The first-order valence-corrected chi connectivity index (χ1v) is 6.67. The number of hydrogen-bond donors (Lipinski definition) is 2. The molecule has 0 radical (unpaired) electrons. The molecule has 0 unspecified atom stereocenters. The standard InChI is InChI=1S/C15H13BrN2/c16-13-3-1-2-4-15(13)18-10-11-5-6-14-12(9-11)7-8-17-14/h1-9,17-18H,10H2. The molecule has 0 spiro atoms. The van der Waals surface area contributed by atoms with Gasteiger partial charge in [-0.3, -0.25) is 0 Å². The summed E-state index contributed by atoms with van der Waals surface area (Å²) in [4.78, 5) is 3.20. The van der Waals surface area contributed by atoms with Crippen LogP contribution in [-0.2, 0) is 6.54 Å². The molecule has 1 heterocycles. The van der Waals surface area contributed by atoms with Gasteiger partial charge in [-0.25, -0.2) is 0 Å². The molecule has 1 aromatic heterocycles. The van der Waals surface area contributed by atoms with Crippen molar-refractivity contribution in [3.63, 3.8) is 0 Å². The van der Waals surface area contributed by atoms with Crippen LogP contribution in [-0.4, -0.2) is 4.98 Å². The van der Waals surface area contributed by atoms with E-state index in [-0.39, 0.29) is 0 Å². The van der Waals surface area contributed by atoms with Crippen LogP contribution < -0.4 is 5.32 Å². The molecule has 3 aromatic rings. The molecule has 0 aliphatic heterocycles. The Morgan fingerprint density at radius 1 is 1.06 bits per heavy atom. The van der Waals surface area contributed by atoms with Gasteiger partial charge in [0.15, 0.2) is 0 Å². The van der Waals surface area contributed by atoms with E-state index in [1.54, 1.807) is 0 Å². The van der Waals surface area contributed by atoms with Crippen LogP contribution in [0.3, 0.4) is 0 Å². The third kappa shape index (κ3) is 2.27. The van der Waals surface area contributed by atoms with Gasteiger partial charge in [0.2, 0.25) is 0 Å². The van der Waals surface area contributed by atoms with E-state index in [0.717, 1.165) is 16.7 Å². The number of para-hydroxylation sites is 1. The molecule has 0 aliphatic carbocycles. The van der Waals surface area contributed by atoms with Gasteiger partial charge < -0.3 is 10.3 Å². The van der Waals surface area contributed by atoms with E-state index < -0.39 is 0 Å². The normalized spacial score (nSPS) is 10.7. The van der Waals surface area contributed by atoms with Crippen molar-refractivity contribution in [3.05, 3.63) is 64.8 Å². The molecule has 0 saturated heterocycles. The van der Waals surface area contributed by atoms with Gasteiger partial charge in [0, 0.05) is 28.4 Å². The fourth-order valence-corrected chi connectivity index (χ4v) is 2.44. The summed E-state index contributed by atoms with van der Waals surface area (Å²) in [5.74, 6) is 0. The Balaban J connectivity index is 1.78. The third-order valence-electron chi connectivity index (χ3n) is 2.97. The number of aromatic nitrogens is 1. The van der Waals surface area contributed by atoms with Crippen molar-refractivity contribution in [2.45, 2.75) is 6.54 Å². The molecule has 2 aromatic carbocycles. The first-order valence-electron chi connectivity index (χ1n) is 5.87. The number of benzene rings is 2. The Morgan fingerprint density at radius 2 is 1.94 bits per heavy atom. The SMILES string of the molecule is Brc1ccccc1NCc1ccc2[nH]ccc2c1. The van der Waals surface area contributed by atoms with Crippen molar-refractivity contribution in [1.29, 1.82) is 0 Å². The minimum absolute atomic E-state index is 0.823. The molecule has 0 atom stereocenters. The van der Waals surface area contributed by atoms with E-state index in [1.807, 2.05) is 24.4 Å². The maximum atomic E-state index is 3.54. The van der Waals surface area contributed by atoms with Crippen molar-refractivity contribution in [1.82, 2.24) is 4.98 Å². The summed E-state index contributed by atoms with van der Waals surface area (Å²) in [6.07, 6.45) is 1.97. The maximum absolute atomic E-state index is 3.54. The van der Waals surface area contributed by atoms with Gasteiger partial charge in [-0.1, -0.05) is 18.2 Å². The Hall–Kier alpha value is -1.74. The van der Waals surface area contributed by atoms with Crippen LogP contribution in [0, 0.1) is 0 Å². The predicted molar refractivity (Wildman–Crippen MR) is 79.8 cm³/mol. The number of rotatable bonds is 3. The molecule has 3 heteroatoms. The highest BCUT2D eigenvalue weighted by molar-refractivity contribution is 9.10. The summed E-state index contributed by atoms with van der Waals surface area (Å²) in [7, 11) is 0. The summed E-state index contributed by atoms with van der Waals surface area (Å²) in [5, 5.41) is 4.68. The van der Waals surface area contributed by atoms with Crippen LogP contribution in [0.1, 0.15) is 5.56 Å². The van der Waals surface area contributed by atoms with E-state index in [1.165, 1.54) is 16.5 Å². The lowest BCUT2D eigenvalue weighted by Crippen LogP contribution is -1.99. The van der Waals surface area contributed by atoms with Crippen LogP contribution in [0.2, 0.25) is 0 Å². The van der Waals surface area contributed by atoms with Crippen molar-refractivity contribution in [3.8, 4) is 0 Å². The second-order valence-electron chi connectivity index (χ2n) is 4.23. The molecule has 18 heavy (non-hydrogen) atoms. The average Bonchev–Trinajstić information content (AvgIpc) is 2.85. The minimum atomic E-state index is 0.823. The Morgan fingerprint density at radius 3 is 2.83 bits per heavy atom. The minimum Gasteiger partial charge on any atom is -0.380 e. The smallest absolute Gasteiger partial charge is 0.0487 e. The van der Waals surface area contributed by atoms with Gasteiger partial charge in [-0.15, -0.1) is 0 Å². The second-order valence-corrected chi connectivity index (χ2v) is 5.09.